The van der Waals surface area contributed by atoms with Crippen LogP contribution in [0.1, 0.15) is 22.3 Å². The summed E-state index contributed by atoms with van der Waals surface area (Å²) in [6.45, 7) is 7.38. The average Bonchev–Trinajstić information content (AvgIpc) is 2.40. The van der Waals surface area contributed by atoms with Gasteiger partial charge in [-0.25, -0.2) is 4.98 Å². The van der Waals surface area contributed by atoms with Crippen molar-refractivity contribution < 1.29 is 0 Å². The number of nitrogens with zero attached hydrogens (tertiary/aromatic N) is 2. The number of likely N-dealkylation sites (N-methyl/N-ethyl adjacent to an activating group) is 1. The molecule has 0 fully saturated rings. The molecule has 20 heavy (non-hydrogen) atoms. The number of benzene rings is 1. The fourth-order valence-corrected chi connectivity index (χ4v) is 2.48. The molecule has 2 nitrogen and oxygen atoms in total. The standard InChI is InChI=1S/C17H21BrN2/c1-12-5-6-15(13(2)9-12)7-8-20(4)17-10-14(3)16(18)11-19-17/h5-6,9-11H,7-8H2,1-4H3. The third-order valence-corrected chi connectivity index (χ3v) is 4.47. The zero-order valence-electron chi connectivity index (χ0n) is 12.6. The summed E-state index contributed by atoms with van der Waals surface area (Å²) in [6.07, 6.45) is 2.91. The maximum atomic E-state index is 4.47. The number of aromatic nitrogens is 1. The Labute approximate surface area is 130 Å². The lowest BCUT2D eigenvalue weighted by Crippen LogP contribution is -2.21. The van der Waals surface area contributed by atoms with Crippen molar-refractivity contribution in [3.05, 3.63) is 57.2 Å². The van der Waals surface area contributed by atoms with Crippen LogP contribution in [0.4, 0.5) is 5.82 Å². The monoisotopic (exact) mass is 332 g/mol. The highest BCUT2D eigenvalue weighted by Crippen LogP contribution is 2.20. The number of rotatable bonds is 4. The molecule has 0 saturated heterocycles. The molecule has 2 rings (SSSR count). The quantitative estimate of drug-likeness (QED) is 0.822. The van der Waals surface area contributed by atoms with Gasteiger partial charge in [0.1, 0.15) is 5.82 Å². The topological polar surface area (TPSA) is 16.1 Å². The second-order valence-electron chi connectivity index (χ2n) is 5.39. The lowest BCUT2D eigenvalue weighted by molar-refractivity contribution is 0.853. The predicted octanol–water partition coefficient (Wildman–Crippen LogP) is 4.45. The van der Waals surface area contributed by atoms with E-state index in [-0.39, 0.29) is 0 Å². The van der Waals surface area contributed by atoms with Crippen LogP contribution >= 0.6 is 15.9 Å². The van der Waals surface area contributed by atoms with Crippen molar-refractivity contribution in [2.75, 3.05) is 18.5 Å². The van der Waals surface area contributed by atoms with Crippen molar-refractivity contribution in [1.82, 2.24) is 4.98 Å². The van der Waals surface area contributed by atoms with Crippen molar-refractivity contribution in [3.63, 3.8) is 0 Å². The molecule has 1 heterocycles. The van der Waals surface area contributed by atoms with E-state index in [9.17, 15) is 0 Å². The normalized spacial score (nSPS) is 10.7. The Morgan fingerprint density at radius 1 is 1.10 bits per heavy atom. The number of hydrogen-bond donors (Lipinski definition) is 0. The molecule has 106 valence electrons. The molecule has 0 atom stereocenters. The van der Waals surface area contributed by atoms with E-state index in [4.69, 9.17) is 0 Å². The molecule has 1 aromatic heterocycles. The summed E-state index contributed by atoms with van der Waals surface area (Å²) in [7, 11) is 2.10. The highest BCUT2D eigenvalue weighted by atomic mass is 79.9. The molecule has 0 N–H and O–H groups in total. The highest BCUT2D eigenvalue weighted by molar-refractivity contribution is 9.10. The molecule has 0 aliphatic heterocycles. The summed E-state index contributed by atoms with van der Waals surface area (Å²) in [5.41, 5.74) is 5.33. The SMILES string of the molecule is Cc1ccc(CCN(C)c2cc(C)c(Br)cn2)c(C)c1. The van der Waals surface area contributed by atoms with Gasteiger partial charge in [-0.3, -0.25) is 0 Å². The van der Waals surface area contributed by atoms with Crippen LogP contribution in [0, 0.1) is 20.8 Å². The van der Waals surface area contributed by atoms with Crippen molar-refractivity contribution in [2.24, 2.45) is 0 Å². The Kier molecular flexibility index (Phi) is 4.81. The van der Waals surface area contributed by atoms with Crippen molar-refractivity contribution >= 4 is 21.7 Å². The van der Waals surface area contributed by atoms with E-state index < -0.39 is 0 Å². The number of anilines is 1. The summed E-state index contributed by atoms with van der Waals surface area (Å²) < 4.78 is 1.06. The van der Waals surface area contributed by atoms with Gasteiger partial charge < -0.3 is 4.90 Å². The van der Waals surface area contributed by atoms with Crippen LogP contribution in [0.2, 0.25) is 0 Å². The number of aryl methyl sites for hydroxylation is 3. The minimum Gasteiger partial charge on any atom is -0.359 e. The summed E-state index contributed by atoms with van der Waals surface area (Å²) in [5, 5.41) is 0. The minimum absolute atomic E-state index is 0.970. The van der Waals surface area contributed by atoms with E-state index in [0.29, 0.717) is 0 Å². The van der Waals surface area contributed by atoms with Crippen LogP contribution in [0.3, 0.4) is 0 Å². The fourth-order valence-electron chi connectivity index (χ4n) is 2.26. The second-order valence-corrected chi connectivity index (χ2v) is 6.25. The summed E-state index contributed by atoms with van der Waals surface area (Å²) in [4.78, 5) is 6.67. The van der Waals surface area contributed by atoms with Gasteiger partial charge in [-0.15, -0.1) is 0 Å². The van der Waals surface area contributed by atoms with Gasteiger partial charge in [0.2, 0.25) is 0 Å². The van der Waals surface area contributed by atoms with Crippen LogP contribution in [0.5, 0.6) is 0 Å². The van der Waals surface area contributed by atoms with Gasteiger partial charge in [0.25, 0.3) is 0 Å². The molecule has 0 spiro atoms. The van der Waals surface area contributed by atoms with Gasteiger partial charge in [-0.2, -0.15) is 0 Å². The maximum Gasteiger partial charge on any atom is 0.128 e. The summed E-state index contributed by atoms with van der Waals surface area (Å²) in [5.74, 6) is 1.02. The molecular weight excluding hydrogens is 312 g/mol. The van der Waals surface area contributed by atoms with Crippen molar-refractivity contribution in [2.45, 2.75) is 27.2 Å². The van der Waals surface area contributed by atoms with E-state index in [0.717, 1.165) is 23.3 Å². The van der Waals surface area contributed by atoms with Gasteiger partial charge in [0.15, 0.2) is 0 Å². The third-order valence-electron chi connectivity index (χ3n) is 3.64. The molecule has 0 aliphatic rings. The van der Waals surface area contributed by atoms with E-state index >= 15 is 0 Å². The van der Waals surface area contributed by atoms with Crippen LogP contribution < -0.4 is 4.90 Å². The lowest BCUT2D eigenvalue weighted by Gasteiger charge is -2.19. The zero-order valence-corrected chi connectivity index (χ0v) is 14.2. The molecule has 0 bridgehead atoms. The first-order valence-corrected chi connectivity index (χ1v) is 7.66. The van der Waals surface area contributed by atoms with E-state index in [2.05, 4.69) is 77.9 Å². The smallest absolute Gasteiger partial charge is 0.128 e. The first-order valence-electron chi connectivity index (χ1n) is 6.87. The first kappa shape index (κ1) is 15.0. The zero-order chi connectivity index (χ0) is 14.7. The minimum atomic E-state index is 0.970. The van der Waals surface area contributed by atoms with E-state index in [1.807, 2.05) is 6.20 Å². The Hall–Kier alpha value is -1.35. The van der Waals surface area contributed by atoms with Crippen LogP contribution in [-0.4, -0.2) is 18.6 Å². The largest absolute Gasteiger partial charge is 0.359 e. The third kappa shape index (κ3) is 3.60. The molecule has 3 heteroatoms. The molecule has 0 saturated carbocycles. The molecule has 0 amide bonds. The first-order chi connectivity index (χ1) is 9.47. The van der Waals surface area contributed by atoms with Crippen molar-refractivity contribution in [1.29, 1.82) is 0 Å². The number of halogens is 1. The van der Waals surface area contributed by atoms with E-state index in [1.54, 1.807) is 0 Å². The van der Waals surface area contributed by atoms with E-state index in [1.165, 1.54) is 22.3 Å². The Balaban J connectivity index is 2.04. The summed E-state index contributed by atoms with van der Waals surface area (Å²) >= 11 is 3.49. The van der Waals surface area contributed by atoms with Gasteiger partial charge in [0, 0.05) is 24.3 Å². The molecule has 1 aromatic carbocycles. The fraction of sp³-hybridized carbons (Fsp3) is 0.353. The molecule has 0 unspecified atom stereocenters. The van der Waals surface area contributed by atoms with Gasteiger partial charge >= 0.3 is 0 Å². The van der Waals surface area contributed by atoms with Crippen LogP contribution in [0.25, 0.3) is 0 Å². The van der Waals surface area contributed by atoms with Gasteiger partial charge in [-0.1, -0.05) is 23.8 Å². The number of hydrogen-bond acceptors (Lipinski definition) is 2. The van der Waals surface area contributed by atoms with Gasteiger partial charge in [-0.05, 0) is 65.9 Å². The van der Waals surface area contributed by atoms with Gasteiger partial charge in [0.05, 0.1) is 0 Å². The predicted molar refractivity (Wildman–Crippen MR) is 89.6 cm³/mol. The second kappa shape index (κ2) is 6.40. The van der Waals surface area contributed by atoms with Crippen LogP contribution in [0.15, 0.2) is 34.9 Å². The average molecular weight is 333 g/mol. The lowest BCUT2D eigenvalue weighted by atomic mass is 10.0. The van der Waals surface area contributed by atoms with Crippen molar-refractivity contribution in [3.8, 4) is 0 Å². The Bertz CT molecular complexity index is 608. The molecule has 0 radical (unpaired) electrons. The molecular formula is C17H21BrN2. The Morgan fingerprint density at radius 2 is 1.85 bits per heavy atom. The summed E-state index contributed by atoms with van der Waals surface area (Å²) in [6, 6.07) is 8.78. The molecule has 0 aliphatic carbocycles. The number of pyridine rings is 1. The maximum absolute atomic E-state index is 4.47. The van der Waals surface area contributed by atoms with Crippen LogP contribution in [-0.2, 0) is 6.42 Å². The highest BCUT2D eigenvalue weighted by Gasteiger charge is 2.06. The Morgan fingerprint density at radius 3 is 2.50 bits per heavy atom. The molecule has 2 aromatic rings.